The molecule has 0 unspecified atom stereocenters. The average molecular weight is 285 g/mol. The van der Waals surface area contributed by atoms with Crippen molar-refractivity contribution in [1.82, 2.24) is 0 Å². The summed E-state index contributed by atoms with van der Waals surface area (Å²) in [5, 5.41) is 0.929. The number of hydrogen-bond donors (Lipinski definition) is 0. The van der Waals surface area contributed by atoms with E-state index in [9.17, 15) is 4.79 Å². The predicted octanol–water partition coefficient (Wildman–Crippen LogP) is 3.58. The van der Waals surface area contributed by atoms with Gasteiger partial charge in [-0.3, -0.25) is 0 Å². The summed E-state index contributed by atoms with van der Waals surface area (Å²) in [4.78, 5) is 11.7. The summed E-state index contributed by atoms with van der Waals surface area (Å²) >= 11 is 3.38. The van der Waals surface area contributed by atoms with Crippen molar-refractivity contribution < 1.29 is 9.53 Å². The van der Waals surface area contributed by atoms with E-state index in [0.29, 0.717) is 5.56 Å². The largest absolute Gasteiger partial charge is 0.456 e. The molecule has 0 atom stereocenters. The van der Waals surface area contributed by atoms with Crippen molar-refractivity contribution in [2.45, 2.75) is 32.8 Å². The van der Waals surface area contributed by atoms with Gasteiger partial charge in [-0.1, -0.05) is 28.1 Å². The number of alkyl halides is 1. The number of hydrogen-bond acceptors (Lipinski definition) is 2. The van der Waals surface area contributed by atoms with Gasteiger partial charge >= 0.3 is 5.97 Å². The Labute approximate surface area is 105 Å². The molecule has 1 rings (SSSR count). The Morgan fingerprint density at radius 2 is 1.81 bits per heavy atom. The van der Waals surface area contributed by atoms with E-state index in [2.05, 4.69) is 15.9 Å². The van der Waals surface area contributed by atoms with Crippen LogP contribution in [0, 0.1) is 0 Å². The second-order valence-corrected chi connectivity index (χ2v) is 5.43. The van der Waals surface area contributed by atoms with Crippen molar-refractivity contribution >= 4 is 21.9 Å². The van der Waals surface area contributed by atoms with Crippen LogP contribution in [0.5, 0.6) is 0 Å². The zero-order chi connectivity index (χ0) is 12.2. The lowest BCUT2D eigenvalue weighted by Crippen LogP contribution is -2.23. The van der Waals surface area contributed by atoms with E-state index in [1.54, 1.807) is 0 Å². The van der Waals surface area contributed by atoms with Crippen molar-refractivity contribution in [3.63, 3.8) is 0 Å². The molecule has 0 saturated heterocycles. The molecule has 0 aliphatic rings. The van der Waals surface area contributed by atoms with Crippen LogP contribution in [0.25, 0.3) is 0 Å². The molecule has 1 aromatic carbocycles. The van der Waals surface area contributed by atoms with Gasteiger partial charge in [0.1, 0.15) is 5.60 Å². The molecule has 0 radical (unpaired) electrons. The Morgan fingerprint density at radius 3 is 2.25 bits per heavy atom. The second-order valence-electron chi connectivity index (χ2n) is 4.64. The smallest absolute Gasteiger partial charge is 0.338 e. The molecule has 0 spiro atoms. The second kappa shape index (κ2) is 5.48. The first-order valence-electron chi connectivity index (χ1n) is 5.30. The van der Waals surface area contributed by atoms with Gasteiger partial charge in [0.05, 0.1) is 5.56 Å². The first-order chi connectivity index (χ1) is 7.42. The molecule has 0 amide bonds. The van der Waals surface area contributed by atoms with Crippen LogP contribution in [-0.4, -0.2) is 16.9 Å². The molecule has 0 fully saturated rings. The van der Waals surface area contributed by atoms with E-state index in [-0.39, 0.29) is 5.97 Å². The van der Waals surface area contributed by atoms with Gasteiger partial charge in [-0.25, -0.2) is 4.79 Å². The summed E-state index contributed by atoms with van der Waals surface area (Å²) in [6.07, 6.45) is 0.967. The van der Waals surface area contributed by atoms with Crippen molar-refractivity contribution in [2.75, 3.05) is 5.33 Å². The number of halogens is 1. The highest BCUT2D eigenvalue weighted by atomic mass is 79.9. The zero-order valence-corrected chi connectivity index (χ0v) is 11.5. The van der Waals surface area contributed by atoms with Gasteiger partial charge in [0, 0.05) is 5.33 Å². The lowest BCUT2D eigenvalue weighted by atomic mass is 10.1. The quantitative estimate of drug-likeness (QED) is 0.626. The summed E-state index contributed by atoms with van der Waals surface area (Å²) in [5.41, 5.74) is 1.38. The van der Waals surface area contributed by atoms with Crippen LogP contribution >= 0.6 is 15.9 Å². The van der Waals surface area contributed by atoms with Crippen LogP contribution in [0.1, 0.15) is 36.7 Å². The molecule has 88 valence electrons. The fourth-order valence-electron chi connectivity index (χ4n) is 1.25. The molecule has 16 heavy (non-hydrogen) atoms. The van der Waals surface area contributed by atoms with Crippen LogP contribution in [0.4, 0.5) is 0 Å². The Kier molecular flexibility index (Phi) is 4.54. The molecular weight excluding hydrogens is 268 g/mol. The minimum atomic E-state index is -0.439. The van der Waals surface area contributed by atoms with E-state index < -0.39 is 5.60 Å². The Bertz CT molecular complexity index is 349. The maximum atomic E-state index is 11.7. The molecule has 0 bridgehead atoms. The van der Waals surface area contributed by atoms with Gasteiger partial charge < -0.3 is 4.74 Å². The fourth-order valence-corrected chi connectivity index (χ4v) is 1.71. The maximum Gasteiger partial charge on any atom is 0.338 e. The van der Waals surface area contributed by atoms with Crippen LogP contribution in [-0.2, 0) is 11.2 Å². The summed E-state index contributed by atoms with van der Waals surface area (Å²) in [7, 11) is 0. The molecule has 1 aromatic rings. The van der Waals surface area contributed by atoms with Crippen LogP contribution in [0.3, 0.4) is 0 Å². The summed E-state index contributed by atoms with van der Waals surface area (Å²) in [5.74, 6) is -0.266. The minimum absolute atomic E-state index is 0.266. The first kappa shape index (κ1) is 13.2. The maximum absolute atomic E-state index is 11.7. The van der Waals surface area contributed by atoms with Crippen molar-refractivity contribution in [3.05, 3.63) is 35.4 Å². The number of aryl methyl sites for hydroxylation is 1. The standard InChI is InChI=1S/C13H17BrO2/c1-13(2,3)16-12(15)11-6-4-10(5-7-11)8-9-14/h4-7H,8-9H2,1-3H3. The first-order valence-corrected chi connectivity index (χ1v) is 6.43. The van der Waals surface area contributed by atoms with Crippen LogP contribution in [0.2, 0.25) is 0 Å². The third-order valence-corrected chi connectivity index (χ3v) is 2.37. The topological polar surface area (TPSA) is 26.3 Å². The fraction of sp³-hybridized carbons (Fsp3) is 0.462. The Morgan fingerprint density at radius 1 is 1.25 bits per heavy atom. The van der Waals surface area contributed by atoms with Gasteiger partial charge in [-0.05, 0) is 44.9 Å². The number of rotatable bonds is 3. The molecule has 0 N–H and O–H groups in total. The summed E-state index contributed by atoms with van der Waals surface area (Å²) < 4.78 is 5.28. The summed E-state index contributed by atoms with van der Waals surface area (Å²) in [6, 6.07) is 7.54. The predicted molar refractivity (Wildman–Crippen MR) is 69.1 cm³/mol. The highest BCUT2D eigenvalue weighted by Crippen LogP contribution is 2.13. The molecule has 0 saturated carbocycles. The third kappa shape index (κ3) is 4.35. The Hall–Kier alpha value is -0.830. The highest BCUT2D eigenvalue weighted by molar-refractivity contribution is 9.09. The van der Waals surface area contributed by atoms with E-state index in [1.807, 2.05) is 45.0 Å². The lowest BCUT2D eigenvalue weighted by molar-refractivity contribution is 0.00695. The number of carbonyl (C=O) groups is 1. The number of esters is 1. The van der Waals surface area contributed by atoms with Crippen molar-refractivity contribution in [1.29, 1.82) is 0 Å². The number of ether oxygens (including phenoxy) is 1. The van der Waals surface area contributed by atoms with Crippen molar-refractivity contribution in [2.24, 2.45) is 0 Å². The van der Waals surface area contributed by atoms with Crippen LogP contribution < -0.4 is 0 Å². The number of carbonyl (C=O) groups excluding carboxylic acids is 1. The molecule has 2 nitrogen and oxygen atoms in total. The lowest BCUT2D eigenvalue weighted by Gasteiger charge is -2.19. The molecular formula is C13H17BrO2. The third-order valence-electron chi connectivity index (χ3n) is 1.97. The zero-order valence-electron chi connectivity index (χ0n) is 9.92. The molecule has 3 heteroatoms. The highest BCUT2D eigenvalue weighted by Gasteiger charge is 2.17. The minimum Gasteiger partial charge on any atom is -0.456 e. The van der Waals surface area contributed by atoms with E-state index in [4.69, 9.17) is 4.74 Å². The van der Waals surface area contributed by atoms with Gasteiger partial charge in [0.25, 0.3) is 0 Å². The molecule has 0 aromatic heterocycles. The van der Waals surface area contributed by atoms with Gasteiger partial charge in [0.2, 0.25) is 0 Å². The normalized spacial score (nSPS) is 11.2. The van der Waals surface area contributed by atoms with Gasteiger partial charge in [0.15, 0.2) is 0 Å². The molecule has 0 aliphatic carbocycles. The molecule has 0 heterocycles. The van der Waals surface area contributed by atoms with Crippen LogP contribution in [0.15, 0.2) is 24.3 Å². The van der Waals surface area contributed by atoms with Crippen molar-refractivity contribution in [3.8, 4) is 0 Å². The number of benzene rings is 1. The van der Waals surface area contributed by atoms with E-state index >= 15 is 0 Å². The van der Waals surface area contributed by atoms with Gasteiger partial charge in [-0.15, -0.1) is 0 Å². The Balaban J connectivity index is 2.70. The molecule has 0 aliphatic heterocycles. The van der Waals surface area contributed by atoms with E-state index in [1.165, 1.54) is 5.56 Å². The van der Waals surface area contributed by atoms with Gasteiger partial charge in [-0.2, -0.15) is 0 Å². The summed E-state index contributed by atoms with van der Waals surface area (Å²) in [6.45, 7) is 5.60. The monoisotopic (exact) mass is 284 g/mol. The van der Waals surface area contributed by atoms with E-state index in [0.717, 1.165) is 11.8 Å². The average Bonchev–Trinajstić information content (AvgIpc) is 2.16. The SMILES string of the molecule is CC(C)(C)OC(=O)c1ccc(CCBr)cc1.